The van der Waals surface area contributed by atoms with Crippen molar-refractivity contribution >= 4 is 15.9 Å². The lowest BCUT2D eigenvalue weighted by Crippen LogP contribution is -2.05. The van der Waals surface area contributed by atoms with Gasteiger partial charge in [-0.1, -0.05) is 0 Å². The summed E-state index contributed by atoms with van der Waals surface area (Å²) in [6, 6.07) is 1.88. The van der Waals surface area contributed by atoms with Crippen LogP contribution in [-0.2, 0) is 4.84 Å². The van der Waals surface area contributed by atoms with E-state index in [-0.39, 0.29) is 6.10 Å². The van der Waals surface area contributed by atoms with Crippen molar-refractivity contribution in [3.63, 3.8) is 0 Å². The van der Waals surface area contributed by atoms with Crippen LogP contribution in [0.1, 0.15) is 24.4 Å². The van der Waals surface area contributed by atoms with Crippen LogP contribution in [0.25, 0.3) is 0 Å². The van der Waals surface area contributed by atoms with Gasteiger partial charge in [-0.3, -0.25) is 4.84 Å². The van der Waals surface area contributed by atoms with Gasteiger partial charge in [0.2, 0.25) is 0 Å². The number of furan rings is 1. The number of rotatable bonds is 2. The molecule has 0 spiro atoms. The second-order valence-electron chi connectivity index (χ2n) is 2.38. The van der Waals surface area contributed by atoms with E-state index in [0.29, 0.717) is 4.67 Å². The SMILES string of the molecule is Cc1cc(Br)oc1C(C)ON. The Morgan fingerprint density at radius 2 is 2.36 bits per heavy atom. The fourth-order valence-corrected chi connectivity index (χ4v) is 1.44. The van der Waals surface area contributed by atoms with Gasteiger partial charge in [-0.25, -0.2) is 5.90 Å². The molecule has 0 radical (unpaired) electrons. The van der Waals surface area contributed by atoms with E-state index in [1.165, 1.54) is 0 Å². The molecule has 0 aliphatic heterocycles. The predicted octanol–water partition coefficient (Wildman–Crippen LogP) is 2.30. The molecule has 1 atom stereocenters. The van der Waals surface area contributed by atoms with E-state index in [1.54, 1.807) is 0 Å². The Hall–Kier alpha value is -0.320. The molecular formula is C7H10BrNO2. The number of hydrogen-bond donors (Lipinski definition) is 1. The summed E-state index contributed by atoms with van der Waals surface area (Å²) < 4.78 is 5.98. The Morgan fingerprint density at radius 3 is 2.73 bits per heavy atom. The van der Waals surface area contributed by atoms with Crippen LogP contribution in [0.3, 0.4) is 0 Å². The summed E-state index contributed by atoms with van der Waals surface area (Å²) >= 11 is 3.22. The quantitative estimate of drug-likeness (QED) is 0.778. The Kier molecular flexibility index (Phi) is 2.70. The van der Waals surface area contributed by atoms with E-state index < -0.39 is 0 Å². The van der Waals surface area contributed by atoms with Gasteiger partial charge in [0, 0.05) is 0 Å². The van der Waals surface area contributed by atoms with Crippen molar-refractivity contribution in [2.75, 3.05) is 0 Å². The molecule has 0 aromatic carbocycles. The lowest BCUT2D eigenvalue weighted by Gasteiger charge is -2.04. The Bertz CT molecular complexity index is 247. The largest absolute Gasteiger partial charge is 0.451 e. The molecule has 1 aromatic rings. The average molecular weight is 220 g/mol. The van der Waals surface area contributed by atoms with Crippen LogP contribution in [0, 0.1) is 6.92 Å². The number of hydrogen-bond acceptors (Lipinski definition) is 3. The number of aryl methyl sites for hydroxylation is 1. The minimum Gasteiger partial charge on any atom is -0.451 e. The van der Waals surface area contributed by atoms with Gasteiger partial charge in [-0.2, -0.15) is 0 Å². The first-order chi connectivity index (χ1) is 5.15. The summed E-state index contributed by atoms with van der Waals surface area (Å²) in [6.07, 6.45) is -0.193. The first-order valence-corrected chi connectivity index (χ1v) is 4.06. The molecule has 1 aromatic heterocycles. The summed E-state index contributed by atoms with van der Waals surface area (Å²) in [5, 5.41) is 0. The molecule has 1 rings (SSSR count). The molecule has 0 aliphatic carbocycles. The molecule has 0 amide bonds. The maximum atomic E-state index is 5.28. The standard InChI is InChI=1S/C7H10BrNO2/c1-4-3-6(8)10-7(4)5(2)11-9/h3,5H,9H2,1-2H3. The van der Waals surface area contributed by atoms with Gasteiger partial charge in [-0.05, 0) is 41.4 Å². The van der Waals surface area contributed by atoms with E-state index in [1.807, 2.05) is 19.9 Å². The number of nitrogens with two attached hydrogens (primary N) is 1. The Balaban J connectivity index is 2.93. The van der Waals surface area contributed by atoms with Crippen LogP contribution < -0.4 is 5.90 Å². The predicted molar refractivity (Wildman–Crippen MR) is 44.8 cm³/mol. The minimum absolute atomic E-state index is 0.193. The molecule has 11 heavy (non-hydrogen) atoms. The van der Waals surface area contributed by atoms with E-state index in [0.717, 1.165) is 11.3 Å². The van der Waals surface area contributed by atoms with Crippen LogP contribution in [0.5, 0.6) is 0 Å². The highest BCUT2D eigenvalue weighted by atomic mass is 79.9. The average Bonchev–Trinajstić information content (AvgIpc) is 2.28. The second-order valence-corrected chi connectivity index (χ2v) is 3.16. The van der Waals surface area contributed by atoms with Crippen LogP contribution in [0.15, 0.2) is 15.2 Å². The van der Waals surface area contributed by atoms with Crippen LogP contribution in [0.2, 0.25) is 0 Å². The van der Waals surface area contributed by atoms with Gasteiger partial charge < -0.3 is 4.42 Å². The molecule has 2 N–H and O–H groups in total. The van der Waals surface area contributed by atoms with Crippen molar-refractivity contribution in [1.29, 1.82) is 0 Å². The minimum atomic E-state index is -0.193. The fraction of sp³-hybridized carbons (Fsp3) is 0.429. The molecule has 0 saturated heterocycles. The van der Waals surface area contributed by atoms with Gasteiger partial charge in [-0.15, -0.1) is 0 Å². The third-order valence-corrected chi connectivity index (χ3v) is 1.89. The van der Waals surface area contributed by atoms with Crippen molar-refractivity contribution < 1.29 is 9.25 Å². The zero-order valence-corrected chi connectivity index (χ0v) is 8.01. The highest BCUT2D eigenvalue weighted by Gasteiger charge is 2.13. The fourth-order valence-electron chi connectivity index (χ4n) is 0.922. The van der Waals surface area contributed by atoms with Crippen LogP contribution in [-0.4, -0.2) is 0 Å². The van der Waals surface area contributed by atoms with E-state index in [9.17, 15) is 0 Å². The molecule has 1 unspecified atom stereocenters. The first kappa shape index (κ1) is 8.77. The zero-order chi connectivity index (χ0) is 8.43. The number of halogens is 1. The van der Waals surface area contributed by atoms with Crippen molar-refractivity contribution in [2.45, 2.75) is 20.0 Å². The lowest BCUT2D eigenvalue weighted by atomic mass is 10.2. The molecule has 0 aliphatic rings. The maximum absolute atomic E-state index is 5.28. The second kappa shape index (κ2) is 3.38. The normalized spacial score (nSPS) is 13.5. The van der Waals surface area contributed by atoms with Crippen LogP contribution in [0.4, 0.5) is 0 Å². The molecular weight excluding hydrogens is 210 g/mol. The summed E-state index contributed by atoms with van der Waals surface area (Å²) in [5.41, 5.74) is 1.04. The summed E-state index contributed by atoms with van der Waals surface area (Å²) in [5.74, 6) is 5.77. The van der Waals surface area contributed by atoms with E-state index >= 15 is 0 Å². The molecule has 3 nitrogen and oxygen atoms in total. The maximum Gasteiger partial charge on any atom is 0.169 e. The summed E-state index contributed by atoms with van der Waals surface area (Å²) in [6.45, 7) is 3.78. The molecule has 62 valence electrons. The first-order valence-electron chi connectivity index (χ1n) is 3.26. The van der Waals surface area contributed by atoms with Crippen molar-refractivity contribution in [2.24, 2.45) is 5.90 Å². The third kappa shape index (κ3) is 1.83. The van der Waals surface area contributed by atoms with E-state index in [2.05, 4.69) is 20.8 Å². The Morgan fingerprint density at radius 1 is 1.73 bits per heavy atom. The summed E-state index contributed by atoms with van der Waals surface area (Å²) in [4.78, 5) is 4.62. The molecule has 4 heteroatoms. The van der Waals surface area contributed by atoms with Crippen molar-refractivity contribution in [1.82, 2.24) is 0 Å². The molecule has 1 heterocycles. The van der Waals surface area contributed by atoms with Gasteiger partial charge in [0.25, 0.3) is 0 Å². The topological polar surface area (TPSA) is 48.4 Å². The van der Waals surface area contributed by atoms with Crippen molar-refractivity contribution in [3.8, 4) is 0 Å². The van der Waals surface area contributed by atoms with Gasteiger partial charge in [0.15, 0.2) is 4.67 Å². The zero-order valence-electron chi connectivity index (χ0n) is 6.43. The lowest BCUT2D eigenvalue weighted by molar-refractivity contribution is 0.0497. The molecule has 0 fully saturated rings. The molecule has 0 saturated carbocycles. The Labute approximate surface area is 73.6 Å². The third-order valence-electron chi connectivity index (χ3n) is 1.50. The highest BCUT2D eigenvalue weighted by Crippen LogP contribution is 2.25. The highest BCUT2D eigenvalue weighted by molar-refractivity contribution is 9.10. The monoisotopic (exact) mass is 219 g/mol. The van der Waals surface area contributed by atoms with Gasteiger partial charge >= 0.3 is 0 Å². The van der Waals surface area contributed by atoms with Gasteiger partial charge in [0.05, 0.1) is 0 Å². The summed E-state index contributed by atoms with van der Waals surface area (Å²) in [7, 11) is 0. The van der Waals surface area contributed by atoms with E-state index in [4.69, 9.17) is 10.3 Å². The van der Waals surface area contributed by atoms with Gasteiger partial charge in [0.1, 0.15) is 11.9 Å². The molecule has 0 bridgehead atoms. The smallest absolute Gasteiger partial charge is 0.169 e. The van der Waals surface area contributed by atoms with Crippen molar-refractivity contribution in [3.05, 3.63) is 22.1 Å². The van der Waals surface area contributed by atoms with Crippen LogP contribution >= 0.6 is 15.9 Å².